The molecule has 1 aromatic rings. The maximum Gasteiger partial charge on any atom is 0.328 e. The van der Waals surface area contributed by atoms with Crippen LogP contribution in [0.5, 0.6) is 0 Å². The number of hydrogen-bond acceptors (Lipinski definition) is 6. The van der Waals surface area contributed by atoms with Crippen LogP contribution in [-0.2, 0) is 14.3 Å². The standard InChI is InChI=1S/C13H12N2O3S2/c1-8(12(17)18-2)15-11(16)10(20-13(15)19)7-9-5-3-4-6-14-9/h3-8H,1-2H3/b10-7-/t8-/m0/s1. The molecule has 1 aliphatic heterocycles. The van der Waals surface area contributed by atoms with Crippen molar-refractivity contribution in [2.75, 3.05) is 7.11 Å². The first-order chi connectivity index (χ1) is 9.54. The number of nitrogens with zero attached hydrogens (tertiary/aromatic N) is 2. The lowest BCUT2D eigenvalue weighted by Crippen LogP contribution is -2.42. The number of carbonyl (C=O) groups is 2. The van der Waals surface area contributed by atoms with Gasteiger partial charge in [-0.05, 0) is 25.1 Å². The minimum absolute atomic E-state index is 0.302. The summed E-state index contributed by atoms with van der Waals surface area (Å²) in [4.78, 5) is 29.7. The van der Waals surface area contributed by atoms with Crippen LogP contribution in [-0.4, -0.2) is 39.2 Å². The molecule has 0 aromatic carbocycles. The molecule has 7 heteroatoms. The van der Waals surface area contributed by atoms with Crippen LogP contribution in [0.1, 0.15) is 12.6 Å². The summed E-state index contributed by atoms with van der Waals surface area (Å²) in [5, 5.41) is 0. The number of pyridine rings is 1. The van der Waals surface area contributed by atoms with E-state index < -0.39 is 12.0 Å². The van der Waals surface area contributed by atoms with Gasteiger partial charge >= 0.3 is 5.97 Å². The number of rotatable bonds is 3. The highest BCUT2D eigenvalue weighted by Gasteiger charge is 2.38. The average Bonchev–Trinajstić information content (AvgIpc) is 2.73. The highest BCUT2D eigenvalue weighted by atomic mass is 32.2. The number of methoxy groups -OCH3 is 1. The molecule has 1 saturated heterocycles. The summed E-state index contributed by atoms with van der Waals surface area (Å²) in [6.45, 7) is 1.58. The van der Waals surface area contributed by atoms with E-state index in [0.717, 1.165) is 11.8 Å². The Bertz CT molecular complexity index is 587. The summed E-state index contributed by atoms with van der Waals surface area (Å²) in [5.74, 6) is -0.802. The van der Waals surface area contributed by atoms with Crippen molar-refractivity contribution in [3.63, 3.8) is 0 Å². The second-order valence-corrected chi connectivity index (χ2v) is 5.68. The Kier molecular flexibility index (Phi) is 4.51. The summed E-state index contributed by atoms with van der Waals surface area (Å²) in [5.41, 5.74) is 0.665. The van der Waals surface area contributed by atoms with E-state index in [1.165, 1.54) is 12.0 Å². The lowest BCUT2D eigenvalue weighted by atomic mass is 10.2. The largest absolute Gasteiger partial charge is 0.467 e. The first-order valence-corrected chi connectivity index (χ1v) is 7.03. The molecule has 0 radical (unpaired) electrons. The molecule has 0 N–H and O–H groups in total. The van der Waals surface area contributed by atoms with Crippen LogP contribution in [0.2, 0.25) is 0 Å². The third kappa shape index (κ3) is 2.88. The molecule has 0 aliphatic carbocycles. The summed E-state index contributed by atoms with van der Waals surface area (Å²) in [6.07, 6.45) is 3.30. The highest BCUT2D eigenvalue weighted by molar-refractivity contribution is 8.26. The highest BCUT2D eigenvalue weighted by Crippen LogP contribution is 2.33. The Morgan fingerprint density at radius 3 is 2.90 bits per heavy atom. The first-order valence-electron chi connectivity index (χ1n) is 5.80. The Hall–Kier alpha value is -1.73. The van der Waals surface area contributed by atoms with E-state index in [1.807, 2.05) is 6.07 Å². The monoisotopic (exact) mass is 308 g/mol. The van der Waals surface area contributed by atoms with E-state index in [-0.39, 0.29) is 5.91 Å². The maximum absolute atomic E-state index is 12.3. The van der Waals surface area contributed by atoms with Gasteiger partial charge in [0.15, 0.2) is 0 Å². The Morgan fingerprint density at radius 1 is 1.55 bits per heavy atom. The number of aromatic nitrogens is 1. The number of thioether (sulfide) groups is 1. The number of ether oxygens (including phenoxy) is 1. The molecule has 0 unspecified atom stereocenters. The zero-order chi connectivity index (χ0) is 14.7. The molecule has 0 spiro atoms. The van der Waals surface area contributed by atoms with Gasteiger partial charge in [0.25, 0.3) is 5.91 Å². The van der Waals surface area contributed by atoms with Gasteiger partial charge in [0, 0.05) is 6.20 Å². The summed E-state index contributed by atoms with van der Waals surface area (Å²) >= 11 is 6.31. The summed E-state index contributed by atoms with van der Waals surface area (Å²) < 4.78 is 4.98. The molecule has 104 valence electrons. The molecule has 2 rings (SSSR count). The van der Waals surface area contributed by atoms with Crippen LogP contribution in [0.4, 0.5) is 0 Å². The third-order valence-corrected chi connectivity index (χ3v) is 4.05. The lowest BCUT2D eigenvalue weighted by Gasteiger charge is -2.20. The van der Waals surface area contributed by atoms with E-state index in [4.69, 9.17) is 12.2 Å². The predicted octanol–water partition coefficient (Wildman–Crippen LogP) is 1.84. The van der Waals surface area contributed by atoms with Crippen molar-refractivity contribution in [1.82, 2.24) is 9.88 Å². The number of thiocarbonyl (C=S) groups is 1. The van der Waals surface area contributed by atoms with Gasteiger partial charge in [-0.3, -0.25) is 14.7 Å². The van der Waals surface area contributed by atoms with Crippen LogP contribution in [0.15, 0.2) is 29.3 Å². The summed E-state index contributed by atoms with van der Waals surface area (Å²) in [7, 11) is 1.28. The number of hydrogen-bond donors (Lipinski definition) is 0. The fraction of sp³-hybridized carbons (Fsp3) is 0.231. The van der Waals surface area contributed by atoms with E-state index >= 15 is 0 Å². The molecule has 1 atom stereocenters. The first kappa shape index (κ1) is 14.7. The summed E-state index contributed by atoms with van der Waals surface area (Å²) in [6, 6.07) is 4.68. The molecule has 1 fully saturated rings. The SMILES string of the molecule is COC(=O)[C@H](C)N1C(=O)/C(=C/c2ccccn2)SC1=S. The minimum Gasteiger partial charge on any atom is -0.467 e. The number of amides is 1. The van der Waals surface area contributed by atoms with Crippen LogP contribution < -0.4 is 0 Å². The van der Waals surface area contributed by atoms with E-state index in [2.05, 4.69) is 9.72 Å². The Morgan fingerprint density at radius 2 is 2.30 bits per heavy atom. The minimum atomic E-state index is -0.734. The zero-order valence-corrected chi connectivity index (χ0v) is 12.5. The number of carbonyl (C=O) groups excluding carboxylic acids is 2. The van der Waals surface area contributed by atoms with Crippen molar-refractivity contribution in [2.45, 2.75) is 13.0 Å². The Labute approximate surface area is 126 Å². The normalized spacial score (nSPS) is 18.5. The second-order valence-electron chi connectivity index (χ2n) is 4.01. The fourth-order valence-electron chi connectivity index (χ4n) is 1.69. The van der Waals surface area contributed by atoms with E-state index in [9.17, 15) is 9.59 Å². The predicted molar refractivity (Wildman–Crippen MR) is 80.7 cm³/mol. The van der Waals surface area contributed by atoms with Gasteiger partial charge in [-0.2, -0.15) is 0 Å². The van der Waals surface area contributed by atoms with Gasteiger partial charge in [-0.15, -0.1) is 0 Å². The molecular formula is C13H12N2O3S2. The smallest absolute Gasteiger partial charge is 0.328 e. The molecule has 0 saturated carbocycles. The van der Waals surface area contributed by atoms with Crippen molar-refractivity contribution in [3.8, 4) is 0 Å². The molecule has 1 aromatic heterocycles. The van der Waals surface area contributed by atoms with Gasteiger partial charge in [0.05, 0.1) is 17.7 Å². The molecule has 0 bridgehead atoms. The topological polar surface area (TPSA) is 59.5 Å². The van der Waals surface area contributed by atoms with Crippen LogP contribution >= 0.6 is 24.0 Å². The van der Waals surface area contributed by atoms with Crippen molar-refractivity contribution in [3.05, 3.63) is 35.0 Å². The second kappa shape index (κ2) is 6.15. The molecule has 1 aliphatic rings. The molecule has 2 heterocycles. The van der Waals surface area contributed by atoms with Crippen molar-refractivity contribution >= 4 is 46.3 Å². The molecule has 20 heavy (non-hydrogen) atoms. The quantitative estimate of drug-likeness (QED) is 0.482. The Balaban J connectivity index is 2.25. The van der Waals surface area contributed by atoms with Crippen molar-refractivity contribution < 1.29 is 14.3 Å². The molecule has 1 amide bonds. The lowest BCUT2D eigenvalue weighted by molar-refractivity contribution is -0.147. The number of esters is 1. The van der Waals surface area contributed by atoms with Gasteiger partial charge in [-0.1, -0.05) is 30.0 Å². The fourth-order valence-corrected chi connectivity index (χ4v) is 3.09. The van der Waals surface area contributed by atoms with Crippen LogP contribution in [0.25, 0.3) is 6.08 Å². The van der Waals surface area contributed by atoms with Gasteiger partial charge in [-0.25, -0.2) is 4.79 Å². The zero-order valence-electron chi connectivity index (χ0n) is 10.9. The average molecular weight is 308 g/mol. The van der Waals surface area contributed by atoms with Crippen molar-refractivity contribution in [1.29, 1.82) is 0 Å². The van der Waals surface area contributed by atoms with Gasteiger partial charge in [0.1, 0.15) is 10.4 Å². The molecular weight excluding hydrogens is 296 g/mol. The van der Waals surface area contributed by atoms with E-state index in [0.29, 0.717) is 14.9 Å². The van der Waals surface area contributed by atoms with Crippen LogP contribution in [0.3, 0.4) is 0 Å². The maximum atomic E-state index is 12.3. The van der Waals surface area contributed by atoms with Gasteiger partial charge < -0.3 is 4.74 Å². The van der Waals surface area contributed by atoms with Crippen LogP contribution in [0, 0.1) is 0 Å². The van der Waals surface area contributed by atoms with Gasteiger partial charge in [0.2, 0.25) is 0 Å². The van der Waals surface area contributed by atoms with Crippen molar-refractivity contribution in [2.24, 2.45) is 0 Å². The van der Waals surface area contributed by atoms with E-state index in [1.54, 1.807) is 31.3 Å². The third-order valence-electron chi connectivity index (χ3n) is 2.72. The molecule has 5 nitrogen and oxygen atoms in total.